The minimum atomic E-state index is -0.171. The van der Waals surface area contributed by atoms with Gasteiger partial charge in [-0.05, 0) is 36.8 Å². The van der Waals surface area contributed by atoms with Gasteiger partial charge < -0.3 is 15.2 Å². The Morgan fingerprint density at radius 1 is 1.07 bits per heavy atom. The zero-order chi connectivity index (χ0) is 19.9. The van der Waals surface area contributed by atoms with E-state index >= 15 is 0 Å². The monoisotopic (exact) mass is 395 g/mol. The van der Waals surface area contributed by atoms with Gasteiger partial charge in [0, 0.05) is 18.3 Å². The molecule has 0 atom stereocenters. The molecule has 0 aliphatic rings. The third kappa shape index (κ3) is 5.20. The molecule has 0 radical (unpaired) electrons. The number of carbonyl (C=O) groups is 2. The van der Waals surface area contributed by atoms with E-state index in [-0.39, 0.29) is 24.1 Å². The van der Waals surface area contributed by atoms with Gasteiger partial charge in [-0.25, -0.2) is 0 Å². The van der Waals surface area contributed by atoms with Gasteiger partial charge in [-0.2, -0.15) is 0 Å². The van der Waals surface area contributed by atoms with E-state index in [1.54, 1.807) is 16.7 Å². The molecule has 1 heterocycles. The molecule has 0 saturated heterocycles. The molecule has 0 bridgehead atoms. The summed E-state index contributed by atoms with van der Waals surface area (Å²) in [5.41, 5.74) is 2.45. The first kappa shape index (κ1) is 19.6. The highest BCUT2D eigenvalue weighted by Crippen LogP contribution is 2.17. The topological polar surface area (TPSA) is 88.9 Å². The number of hydrogen-bond donors (Lipinski definition) is 2. The Bertz CT molecular complexity index is 972. The lowest BCUT2D eigenvalue weighted by atomic mass is 10.2. The number of thioether (sulfide) groups is 1. The number of carbonyl (C=O) groups excluding carboxylic acids is 2. The molecule has 7 nitrogen and oxygen atoms in total. The second-order valence-electron chi connectivity index (χ2n) is 6.21. The number of aryl methyl sites for hydroxylation is 1. The molecular formula is C20H21N5O2S. The summed E-state index contributed by atoms with van der Waals surface area (Å²) in [6, 6.07) is 16.6. The Kier molecular flexibility index (Phi) is 6.44. The van der Waals surface area contributed by atoms with E-state index in [2.05, 4.69) is 20.8 Å². The van der Waals surface area contributed by atoms with Crippen LogP contribution in [0.1, 0.15) is 21.7 Å². The lowest BCUT2D eigenvalue weighted by Gasteiger charge is -2.07. The van der Waals surface area contributed by atoms with Crippen LogP contribution in [0, 0.1) is 6.92 Å². The van der Waals surface area contributed by atoms with E-state index < -0.39 is 0 Å². The molecular weight excluding hydrogens is 374 g/mol. The van der Waals surface area contributed by atoms with Crippen LogP contribution in [0.25, 0.3) is 0 Å². The number of hydrogen-bond acceptors (Lipinski definition) is 5. The molecule has 28 heavy (non-hydrogen) atoms. The second-order valence-corrected chi connectivity index (χ2v) is 7.16. The first-order chi connectivity index (χ1) is 13.5. The highest BCUT2D eigenvalue weighted by atomic mass is 32.2. The van der Waals surface area contributed by atoms with Crippen LogP contribution in [-0.4, -0.2) is 32.3 Å². The standard InChI is InChI=1S/C20H21N5O2S/c1-14-7-6-10-16(11-14)22-18(26)13-28-20-24-23-17(25(20)2)12-21-19(27)15-8-4-3-5-9-15/h3-11H,12-13H2,1-2H3,(H,21,27)(H,22,26). The van der Waals surface area contributed by atoms with E-state index in [4.69, 9.17) is 0 Å². The van der Waals surface area contributed by atoms with Gasteiger partial charge in [-0.3, -0.25) is 9.59 Å². The van der Waals surface area contributed by atoms with Crippen LogP contribution < -0.4 is 10.6 Å². The van der Waals surface area contributed by atoms with Gasteiger partial charge in [0.2, 0.25) is 5.91 Å². The van der Waals surface area contributed by atoms with Crippen molar-refractivity contribution in [3.05, 3.63) is 71.5 Å². The molecule has 0 fully saturated rings. The maximum atomic E-state index is 12.1. The summed E-state index contributed by atoms with van der Waals surface area (Å²) in [5.74, 6) is 0.551. The molecule has 2 N–H and O–H groups in total. The van der Waals surface area contributed by atoms with Crippen molar-refractivity contribution in [2.45, 2.75) is 18.6 Å². The minimum absolute atomic E-state index is 0.113. The van der Waals surface area contributed by atoms with Crippen LogP contribution in [-0.2, 0) is 18.4 Å². The number of amides is 2. The third-order valence-corrected chi connectivity index (χ3v) is 5.02. The van der Waals surface area contributed by atoms with Crippen molar-refractivity contribution in [3.63, 3.8) is 0 Å². The number of benzene rings is 2. The van der Waals surface area contributed by atoms with Gasteiger partial charge in [0.15, 0.2) is 11.0 Å². The van der Waals surface area contributed by atoms with Crippen molar-refractivity contribution in [3.8, 4) is 0 Å². The molecule has 0 unspecified atom stereocenters. The van der Waals surface area contributed by atoms with Crippen molar-refractivity contribution >= 4 is 29.3 Å². The summed E-state index contributed by atoms with van der Waals surface area (Å²) < 4.78 is 1.77. The van der Waals surface area contributed by atoms with E-state index in [9.17, 15) is 9.59 Å². The van der Waals surface area contributed by atoms with Gasteiger partial charge in [0.1, 0.15) is 0 Å². The van der Waals surface area contributed by atoms with Crippen molar-refractivity contribution in [1.82, 2.24) is 20.1 Å². The molecule has 0 aliphatic heterocycles. The van der Waals surface area contributed by atoms with Crippen LogP contribution >= 0.6 is 11.8 Å². The van der Waals surface area contributed by atoms with E-state index in [1.807, 2.05) is 56.4 Å². The predicted octanol–water partition coefficient (Wildman–Crippen LogP) is 2.78. The molecule has 0 aliphatic carbocycles. The van der Waals surface area contributed by atoms with Crippen molar-refractivity contribution in [2.75, 3.05) is 11.1 Å². The molecule has 0 saturated carbocycles. The summed E-state index contributed by atoms with van der Waals surface area (Å²) >= 11 is 1.29. The number of rotatable bonds is 7. The smallest absolute Gasteiger partial charge is 0.251 e. The molecule has 0 spiro atoms. The molecule has 144 valence electrons. The van der Waals surface area contributed by atoms with E-state index in [0.717, 1.165) is 11.3 Å². The molecule has 8 heteroatoms. The highest BCUT2D eigenvalue weighted by Gasteiger charge is 2.13. The number of nitrogens with one attached hydrogen (secondary N) is 2. The number of anilines is 1. The molecule has 2 amide bonds. The van der Waals surface area contributed by atoms with Crippen LogP contribution in [0.4, 0.5) is 5.69 Å². The van der Waals surface area contributed by atoms with Gasteiger partial charge in [0.05, 0.1) is 12.3 Å². The first-order valence-corrected chi connectivity index (χ1v) is 9.72. The Morgan fingerprint density at radius 3 is 2.61 bits per heavy atom. The van der Waals surface area contributed by atoms with Crippen LogP contribution in [0.3, 0.4) is 0 Å². The first-order valence-electron chi connectivity index (χ1n) is 8.74. The normalized spacial score (nSPS) is 10.5. The maximum absolute atomic E-state index is 12.1. The fraction of sp³-hybridized carbons (Fsp3) is 0.200. The Morgan fingerprint density at radius 2 is 1.86 bits per heavy atom. The summed E-state index contributed by atoms with van der Waals surface area (Å²) in [5, 5.41) is 14.5. The van der Waals surface area contributed by atoms with E-state index in [1.165, 1.54) is 11.8 Å². The Hall–Kier alpha value is -3.13. The second kappa shape index (κ2) is 9.18. The van der Waals surface area contributed by atoms with Crippen LogP contribution in [0.15, 0.2) is 59.8 Å². The minimum Gasteiger partial charge on any atom is -0.345 e. The fourth-order valence-electron chi connectivity index (χ4n) is 2.53. The van der Waals surface area contributed by atoms with Gasteiger partial charge in [0.25, 0.3) is 5.91 Å². The maximum Gasteiger partial charge on any atom is 0.251 e. The van der Waals surface area contributed by atoms with Gasteiger partial charge in [-0.1, -0.05) is 42.1 Å². The molecule has 2 aromatic carbocycles. The van der Waals surface area contributed by atoms with Crippen LogP contribution in [0.5, 0.6) is 0 Å². The summed E-state index contributed by atoms with van der Waals surface area (Å²) in [6.07, 6.45) is 0. The zero-order valence-electron chi connectivity index (χ0n) is 15.7. The van der Waals surface area contributed by atoms with Crippen molar-refractivity contribution in [2.24, 2.45) is 7.05 Å². The molecule has 3 rings (SSSR count). The fourth-order valence-corrected chi connectivity index (χ4v) is 3.26. The number of aromatic nitrogens is 3. The predicted molar refractivity (Wildman–Crippen MR) is 109 cm³/mol. The summed E-state index contributed by atoms with van der Waals surface area (Å²) in [7, 11) is 1.81. The number of nitrogens with zero attached hydrogens (tertiary/aromatic N) is 3. The SMILES string of the molecule is Cc1cccc(NC(=O)CSc2nnc(CNC(=O)c3ccccc3)n2C)c1. The quantitative estimate of drug-likeness (QED) is 0.601. The Labute approximate surface area is 167 Å². The van der Waals surface area contributed by atoms with Gasteiger partial charge >= 0.3 is 0 Å². The molecule has 3 aromatic rings. The zero-order valence-corrected chi connectivity index (χ0v) is 16.5. The largest absolute Gasteiger partial charge is 0.345 e. The summed E-state index contributed by atoms with van der Waals surface area (Å²) in [6.45, 7) is 2.23. The van der Waals surface area contributed by atoms with E-state index in [0.29, 0.717) is 16.5 Å². The van der Waals surface area contributed by atoms with Crippen LogP contribution in [0.2, 0.25) is 0 Å². The van der Waals surface area contributed by atoms with Gasteiger partial charge in [-0.15, -0.1) is 10.2 Å². The summed E-state index contributed by atoms with van der Waals surface area (Å²) in [4.78, 5) is 24.3. The van der Waals surface area contributed by atoms with Crippen molar-refractivity contribution in [1.29, 1.82) is 0 Å². The average molecular weight is 395 g/mol. The third-order valence-electron chi connectivity index (χ3n) is 4.00. The Balaban J connectivity index is 1.51. The highest BCUT2D eigenvalue weighted by molar-refractivity contribution is 7.99. The molecule has 1 aromatic heterocycles. The lowest BCUT2D eigenvalue weighted by Crippen LogP contribution is -2.24. The average Bonchev–Trinajstić information content (AvgIpc) is 3.05. The van der Waals surface area contributed by atoms with Crippen molar-refractivity contribution < 1.29 is 9.59 Å². The lowest BCUT2D eigenvalue weighted by molar-refractivity contribution is -0.113.